The summed E-state index contributed by atoms with van der Waals surface area (Å²) in [5, 5.41) is 1.13. The highest BCUT2D eigenvalue weighted by Crippen LogP contribution is 2.23. The standard InChI is InChI=1S/C20H21N3O/c1-15-17-9-5-6-10-18(17)21-19(15)20(24)23-13-11-22(12-14-23)16-7-3-2-4-8-16/h2-10,21H,11-14H2,1H3. The lowest BCUT2D eigenvalue weighted by Crippen LogP contribution is -2.49. The third-order valence-electron chi connectivity index (χ3n) is 4.87. The number of hydrogen-bond donors (Lipinski definition) is 1. The van der Waals surface area contributed by atoms with Crippen molar-refractivity contribution in [2.24, 2.45) is 0 Å². The summed E-state index contributed by atoms with van der Waals surface area (Å²) in [6.45, 7) is 5.27. The van der Waals surface area contributed by atoms with E-state index in [4.69, 9.17) is 0 Å². The average molecular weight is 319 g/mol. The Labute approximate surface area is 141 Å². The molecule has 1 saturated heterocycles. The van der Waals surface area contributed by atoms with Gasteiger partial charge in [0.05, 0.1) is 0 Å². The molecule has 0 aliphatic carbocycles. The Morgan fingerprint density at radius 2 is 1.58 bits per heavy atom. The van der Waals surface area contributed by atoms with Crippen molar-refractivity contribution in [2.45, 2.75) is 6.92 Å². The van der Waals surface area contributed by atoms with Crippen LogP contribution >= 0.6 is 0 Å². The first kappa shape index (κ1) is 14.8. The third kappa shape index (κ3) is 2.54. The minimum Gasteiger partial charge on any atom is -0.368 e. The van der Waals surface area contributed by atoms with Crippen LogP contribution in [0.3, 0.4) is 0 Å². The second kappa shape index (κ2) is 6.04. The van der Waals surface area contributed by atoms with E-state index in [2.05, 4.69) is 40.2 Å². The quantitative estimate of drug-likeness (QED) is 0.786. The normalized spacial score (nSPS) is 15.0. The van der Waals surface area contributed by atoms with Crippen molar-refractivity contribution < 1.29 is 4.79 Å². The summed E-state index contributed by atoms with van der Waals surface area (Å²) in [4.78, 5) is 20.5. The minimum absolute atomic E-state index is 0.108. The topological polar surface area (TPSA) is 39.3 Å². The van der Waals surface area contributed by atoms with E-state index >= 15 is 0 Å². The summed E-state index contributed by atoms with van der Waals surface area (Å²) in [5.74, 6) is 0.108. The first-order valence-electron chi connectivity index (χ1n) is 8.40. The number of H-pyrrole nitrogens is 1. The minimum atomic E-state index is 0.108. The summed E-state index contributed by atoms with van der Waals surface area (Å²) in [5.41, 5.74) is 4.03. The van der Waals surface area contributed by atoms with Gasteiger partial charge in [-0.25, -0.2) is 0 Å². The number of carbonyl (C=O) groups is 1. The van der Waals surface area contributed by atoms with E-state index in [1.54, 1.807) is 0 Å². The molecular formula is C20H21N3O. The Morgan fingerprint density at radius 1 is 0.917 bits per heavy atom. The van der Waals surface area contributed by atoms with Crippen molar-refractivity contribution in [2.75, 3.05) is 31.1 Å². The van der Waals surface area contributed by atoms with E-state index in [1.165, 1.54) is 5.69 Å². The first-order chi connectivity index (χ1) is 11.7. The Balaban J connectivity index is 1.51. The number of hydrogen-bond acceptors (Lipinski definition) is 2. The second-order valence-electron chi connectivity index (χ2n) is 6.29. The number of piperazine rings is 1. The van der Waals surface area contributed by atoms with Gasteiger partial charge in [-0.3, -0.25) is 4.79 Å². The van der Waals surface area contributed by atoms with Crippen LogP contribution in [0.5, 0.6) is 0 Å². The smallest absolute Gasteiger partial charge is 0.270 e. The average Bonchev–Trinajstić information content (AvgIpc) is 2.99. The van der Waals surface area contributed by atoms with Crippen LogP contribution in [0.25, 0.3) is 10.9 Å². The third-order valence-corrected chi connectivity index (χ3v) is 4.87. The molecule has 4 nitrogen and oxygen atoms in total. The largest absolute Gasteiger partial charge is 0.368 e. The van der Waals surface area contributed by atoms with Gasteiger partial charge in [0.2, 0.25) is 0 Å². The van der Waals surface area contributed by atoms with Gasteiger partial charge in [-0.1, -0.05) is 36.4 Å². The van der Waals surface area contributed by atoms with Crippen LogP contribution in [0.2, 0.25) is 0 Å². The number of aromatic nitrogens is 1. The SMILES string of the molecule is Cc1c(C(=O)N2CCN(c3ccccc3)CC2)[nH]c2ccccc12. The zero-order chi connectivity index (χ0) is 16.5. The fraction of sp³-hybridized carbons (Fsp3) is 0.250. The van der Waals surface area contributed by atoms with Crippen molar-refractivity contribution in [1.29, 1.82) is 0 Å². The molecule has 1 aliphatic heterocycles. The number of rotatable bonds is 2. The molecule has 2 aromatic carbocycles. The molecule has 1 aromatic heterocycles. The van der Waals surface area contributed by atoms with E-state index < -0.39 is 0 Å². The van der Waals surface area contributed by atoms with Gasteiger partial charge in [0.1, 0.15) is 5.69 Å². The maximum absolute atomic E-state index is 12.9. The van der Waals surface area contributed by atoms with Crippen molar-refractivity contribution >= 4 is 22.5 Å². The molecule has 0 saturated carbocycles. The predicted octanol–water partition coefficient (Wildman–Crippen LogP) is 3.44. The van der Waals surface area contributed by atoms with Gasteiger partial charge in [-0.15, -0.1) is 0 Å². The Kier molecular flexibility index (Phi) is 3.73. The zero-order valence-electron chi connectivity index (χ0n) is 13.8. The second-order valence-corrected chi connectivity index (χ2v) is 6.29. The molecule has 24 heavy (non-hydrogen) atoms. The van der Waals surface area contributed by atoms with E-state index in [1.807, 2.05) is 36.1 Å². The number of aromatic amines is 1. The highest BCUT2D eigenvalue weighted by atomic mass is 16.2. The van der Waals surface area contributed by atoms with Gasteiger partial charge in [0.15, 0.2) is 0 Å². The maximum Gasteiger partial charge on any atom is 0.270 e. The number of anilines is 1. The monoisotopic (exact) mass is 319 g/mol. The van der Waals surface area contributed by atoms with Crippen LogP contribution in [-0.2, 0) is 0 Å². The van der Waals surface area contributed by atoms with Gasteiger partial charge in [-0.05, 0) is 30.7 Å². The number of nitrogens with one attached hydrogen (secondary N) is 1. The van der Waals surface area contributed by atoms with Crippen LogP contribution in [-0.4, -0.2) is 42.0 Å². The summed E-state index contributed by atoms with van der Waals surface area (Å²) < 4.78 is 0. The molecule has 3 aromatic rings. The summed E-state index contributed by atoms with van der Waals surface area (Å²) in [6.07, 6.45) is 0. The lowest BCUT2D eigenvalue weighted by molar-refractivity contribution is 0.0741. The van der Waals surface area contributed by atoms with Crippen molar-refractivity contribution in [3.05, 3.63) is 65.9 Å². The lowest BCUT2D eigenvalue weighted by Gasteiger charge is -2.36. The van der Waals surface area contributed by atoms with Crippen LogP contribution in [0.4, 0.5) is 5.69 Å². The van der Waals surface area contributed by atoms with Crippen LogP contribution in [0.1, 0.15) is 16.1 Å². The fourth-order valence-corrected chi connectivity index (χ4v) is 3.46. The number of aryl methyl sites for hydroxylation is 1. The van der Waals surface area contributed by atoms with Gasteiger partial charge in [-0.2, -0.15) is 0 Å². The molecule has 4 rings (SSSR count). The highest BCUT2D eigenvalue weighted by Gasteiger charge is 2.25. The Hall–Kier alpha value is -2.75. The molecule has 1 N–H and O–H groups in total. The zero-order valence-corrected chi connectivity index (χ0v) is 13.8. The molecule has 0 atom stereocenters. The molecule has 122 valence electrons. The molecule has 1 amide bonds. The number of amides is 1. The van der Waals surface area contributed by atoms with Crippen molar-refractivity contribution in [1.82, 2.24) is 9.88 Å². The number of carbonyl (C=O) groups excluding carboxylic acids is 1. The highest BCUT2D eigenvalue weighted by molar-refractivity contribution is 6.01. The van der Waals surface area contributed by atoms with E-state index in [9.17, 15) is 4.79 Å². The molecule has 1 aliphatic rings. The number of para-hydroxylation sites is 2. The molecule has 0 unspecified atom stereocenters. The summed E-state index contributed by atoms with van der Waals surface area (Å²) in [7, 11) is 0. The molecule has 0 spiro atoms. The van der Waals surface area contributed by atoms with Gasteiger partial charge in [0, 0.05) is 42.8 Å². The van der Waals surface area contributed by atoms with E-state index in [0.29, 0.717) is 0 Å². The number of fused-ring (bicyclic) bond motifs is 1. The van der Waals surface area contributed by atoms with Crippen LogP contribution in [0, 0.1) is 6.92 Å². The maximum atomic E-state index is 12.9. The van der Waals surface area contributed by atoms with Gasteiger partial charge >= 0.3 is 0 Å². The van der Waals surface area contributed by atoms with Gasteiger partial charge < -0.3 is 14.8 Å². The predicted molar refractivity (Wildman–Crippen MR) is 97.6 cm³/mol. The molecule has 2 heterocycles. The molecule has 1 fully saturated rings. The van der Waals surface area contributed by atoms with Gasteiger partial charge in [0.25, 0.3) is 5.91 Å². The molecule has 0 bridgehead atoms. The molecule has 4 heteroatoms. The Bertz CT molecular complexity index is 861. The van der Waals surface area contributed by atoms with Crippen molar-refractivity contribution in [3.63, 3.8) is 0 Å². The molecular weight excluding hydrogens is 298 g/mol. The fourth-order valence-electron chi connectivity index (χ4n) is 3.46. The molecule has 0 radical (unpaired) electrons. The number of nitrogens with zero attached hydrogens (tertiary/aromatic N) is 2. The Morgan fingerprint density at radius 3 is 2.29 bits per heavy atom. The summed E-state index contributed by atoms with van der Waals surface area (Å²) in [6, 6.07) is 18.5. The van der Waals surface area contributed by atoms with E-state index in [0.717, 1.165) is 48.3 Å². The first-order valence-corrected chi connectivity index (χ1v) is 8.40. The van der Waals surface area contributed by atoms with E-state index in [-0.39, 0.29) is 5.91 Å². The van der Waals surface area contributed by atoms with Crippen LogP contribution in [0.15, 0.2) is 54.6 Å². The van der Waals surface area contributed by atoms with Crippen molar-refractivity contribution in [3.8, 4) is 0 Å². The number of benzene rings is 2. The lowest BCUT2D eigenvalue weighted by atomic mass is 10.1. The summed E-state index contributed by atoms with van der Waals surface area (Å²) >= 11 is 0. The van der Waals surface area contributed by atoms with Crippen LogP contribution < -0.4 is 4.90 Å².